The lowest BCUT2D eigenvalue weighted by molar-refractivity contribution is -0.126. The van der Waals surface area contributed by atoms with E-state index in [0.717, 1.165) is 19.6 Å². The molecule has 2 aromatic rings. The molecule has 1 aliphatic rings. The molecule has 1 aromatic heterocycles. The third-order valence-electron chi connectivity index (χ3n) is 6.20. The molecule has 1 fully saturated rings. The lowest BCUT2D eigenvalue weighted by atomic mass is 9.97. The first-order valence-electron chi connectivity index (χ1n) is 11.7. The Hall–Kier alpha value is -2.56. The van der Waals surface area contributed by atoms with Crippen LogP contribution in [0.2, 0.25) is 0 Å². The number of benzene rings is 1. The summed E-state index contributed by atoms with van der Waals surface area (Å²) < 4.78 is 47.3. The predicted octanol–water partition coefficient (Wildman–Crippen LogP) is 3.15. The van der Waals surface area contributed by atoms with E-state index in [1.165, 1.54) is 22.5 Å². The lowest BCUT2D eigenvalue weighted by Crippen LogP contribution is -2.44. The highest BCUT2D eigenvalue weighted by atomic mass is 32.2. The molecule has 0 bridgehead atoms. The van der Waals surface area contributed by atoms with Crippen molar-refractivity contribution in [3.05, 3.63) is 47.1 Å². The van der Waals surface area contributed by atoms with E-state index < -0.39 is 15.8 Å². The van der Waals surface area contributed by atoms with Crippen LogP contribution in [-0.4, -0.2) is 68.0 Å². The molecule has 1 aliphatic heterocycles. The average molecular weight is 493 g/mol. The van der Waals surface area contributed by atoms with E-state index in [-0.39, 0.29) is 41.3 Å². The summed E-state index contributed by atoms with van der Waals surface area (Å²) in [6.45, 7) is 9.44. The summed E-state index contributed by atoms with van der Waals surface area (Å²) >= 11 is 0. The molecule has 0 atom stereocenters. The van der Waals surface area contributed by atoms with Gasteiger partial charge >= 0.3 is 0 Å². The fourth-order valence-corrected chi connectivity index (χ4v) is 5.80. The molecule has 2 heterocycles. The highest BCUT2D eigenvalue weighted by Gasteiger charge is 2.35. The number of carbonyl (C=O) groups is 1. The Morgan fingerprint density at radius 1 is 1.24 bits per heavy atom. The Bertz CT molecular complexity index is 1100. The first kappa shape index (κ1) is 26.1. The number of hydrogen-bond donors (Lipinski definition) is 1. The number of carbonyl (C=O) groups excluding carboxylic acids is 1. The topological polar surface area (TPSA) is 95.8 Å². The number of nitrogens with zero attached hydrogens (tertiary/aromatic N) is 3. The van der Waals surface area contributed by atoms with Crippen LogP contribution in [-0.2, 0) is 14.8 Å². The molecular weight excluding hydrogens is 459 g/mol. The van der Waals surface area contributed by atoms with E-state index in [4.69, 9.17) is 4.52 Å². The van der Waals surface area contributed by atoms with Gasteiger partial charge in [0, 0.05) is 37.7 Å². The van der Waals surface area contributed by atoms with Crippen molar-refractivity contribution < 1.29 is 22.1 Å². The van der Waals surface area contributed by atoms with Crippen LogP contribution in [0.25, 0.3) is 12.2 Å². The van der Waals surface area contributed by atoms with Gasteiger partial charge in [0.15, 0.2) is 10.7 Å². The Morgan fingerprint density at radius 3 is 2.56 bits per heavy atom. The number of halogens is 1. The van der Waals surface area contributed by atoms with Gasteiger partial charge in [0.05, 0.1) is 0 Å². The van der Waals surface area contributed by atoms with Gasteiger partial charge < -0.3 is 14.7 Å². The van der Waals surface area contributed by atoms with Crippen molar-refractivity contribution in [3.63, 3.8) is 0 Å². The molecule has 3 rings (SSSR count). The van der Waals surface area contributed by atoms with Crippen molar-refractivity contribution >= 4 is 28.1 Å². The first-order chi connectivity index (χ1) is 16.3. The summed E-state index contributed by atoms with van der Waals surface area (Å²) in [6.07, 6.45) is 3.77. The fraction of sp³-hybridized carbons (Fsp3) is 0.500. The van der Waals surface area contributed by atoms with Gasteiger partial charge in [-0.05, 0) is 51.1 Å². The van der Waals surface area contributed by atoms with Crippen molar-refractivity contribution in [1.82, 2.24) is 19.7 Å². The van der Waals surface area contributed by atoms with Gasteiger partial charge in [-0.3, -0.25) is 4.79 Å². The van der Waals surface area contributed by atoms with Crippen molar-refractivity contribution in [2.24, 2.45) is 5.92 Å². The predicted molar refractivity (Wildman–Crippen MR) is 129 cm³/mol. The Balaban J connectivity index is 1.64. The van der Waals surface area contributed by atoms with Crippen molar-refractivity contribution in [1.29, 1.82) is 0 Å². The zero-order chi connectivity index (χ0) is 24.7. The van der Waals surface area contributed by atoms with Gasteiger partial charge in [0.1, 0.15) is 11.5 Å². The van der Waals surface area contributed by atoms with E-state index in [1.54, 1.807) is 25.1 Å². The number of hydrogen-bond acceptors (Lipinski definition) is 6. The number of sulfonamides is 1. The molecule has 1 aromatic carbocycles. The number of rotatable bonds is 10. The maximum Gasteiger partial charge on any atom is 0.248 e. The maximum absolute atomic E-state index is 13.9. The number of aryl methyl sites for hydroxylation is 1. The Kier molecular flexibility index (Phi) is 8.98. The second kappa shape index (κ2) is 11.7. The second-order valence-electron chi connectivity index (χ2n) is 8.31. The van der Waals surface area contributed by atoms with Crippen LogP contribution < -0.4 is 5.32 Å². The minimum Gasteiger partial charge on any atom is -0.355 e. The monoisotopic (exact) mass is 492 g/mol. The largest absolute Gasteiger partial charge is 0.355 e. The van der Waals surface area contributed by atoms with Crippen molar-refractivity contribution in [2.45, 2.75) is 38.5 Å². The van der Waals surface area contributed by atoms with E-state index in [0.29, 0.717) is 24.9 Å². The molecule has 1 N–H and O–H groups in total. The zero-order valence-corrected chi connectivity index (χ0v) is 20.8. The first-order valence-corrected chi connectivity index (χ1v) is 13.1. The Labute approximate surface area is 200 Å². The minimum atomic E-state index is -3.88. The van der Waals surface area contributed by atoms with E-state index in [2.05, 4.69) is 29.2 Å². The van der Waals surface area contributed by atoms with Gasteiger partial charge in [0.25, 0.3) is 0 Å². The van der Waals surface area contributed by atoms with Crippen molar-refractivity contribution in [3.8, 4) is 0 Å². The lowest BCUT2D eigenvalue weighted by Gasteiger charge is -2.30. The molecule has 0 aliphatic carbocycles. The summed E-state index contributed by atoms with van der Waals surface area (Å²) in [5.41, 5.74) is 0.553. The molecule has 8 nitrogen and oxygen atoms in total. The van der Waals surface area contributed by atoms with Gasteiger partial charge in [-0.25, -0.2) is 12.8 Å². The summed E-state index contributed by atoms with van der Waals surface area (Å²) in [5.74, 6) is -0.611. The number of piperidine rings is 1. The summed E-state index contributed by atoms with van der Waals surface area (Å²) in [7, 11) is -3.88. The Morgan fingerprint density at radius 2 is 1.91 bits per heavy atom. The average Bonchev–Trinajstić information content (AvgIpc) is 3.22. The number of aromatic nitrogens is 1. The van der Waals surface area contributed by atoms with Crippen LogP contribution in [0.4, 0.5) is 4.39 Å². The fourth-order valence-electron chi connectivity index (χ4n) is 4.08. The van der Waals surface area contributed by atoms with Gasteiger partial charge in [-0.15, -0.1) is 0 Å². The summed E-state index contributed by atoms with van der Waals surface area (Å²) in [5, 5.41) is 6.80. The van der Waals surface area contributed by atoms with Gasteiger partial charge in [0.2, 0.25) is 15.9 Å². The molecular formula is C24H33FN4O4S. The minimum absolute atomic E-state index is 0.0257. The van der Waals surface area contributed by atoms with Crippen LogP contribution in [0.1, 0.15) is 43.7 Å². The van der Waals surface area contributed by atoms with Crippen LogP contribution in [0.15, 0.2) is 33.7 Å². The number of amides is 1. The molecule has 0 saturated carbocycles. The highest BCUT2D eigenvalue weighted by molar-refractivity contribution is 7.89. The third kappa shape index (κ3) is 6.11. The SMILES string of the molecule is CCN(CC)CCNC(=O)C1CCN(S(=O)(=O)c2c(C)noc2C=Cc2ccccc2F)CC1. The highest BCUT2D eigenvalue weighted by Crippen LogP contribution is 2.29. The molecule has 186 valence electrons. The van der Waals surface area contributed by atoms with Crippen molar-refractivity contribution in [2.75, 3.05) is 39.3 Å². The number of likely N-dealkylation sites (N-methyl/N-ethyl adjacent to an activating group) is 1. The molecule has 1 saturated heterocycles. The normalized spacial score (nSPS) is 15.9. The van der Waals surface area contributed by atoms with Crippen LogP contribution >= 0.6 is 0 Å². The molecule has 10 heteroatoms. The molecule has 0 radical (unpaired) electrons. The third-order valence-corrected chi connectivity index (χ3v) is 8.25. The molecule has 1 amide bonds. The van der Waals surface area contributed by atoms with E-state index in [9.17, 15) is 17.6 Å². The molecule has 0 spiro atoms. The number of nitrogens with one attached hydrogen (secondary N) is 1. The van der Waals surface area contributed by atoms with Crippen LogP contribution in [0, 0.1) is 18.7 Å². The summed E-state index contributed by atoms with van der Waals surface area (Å²) in [4.78, 5) is 14.7. The maximum atomic E-state index is 13.9. The van der Waals surface area contributed by atoms with Crippen LogP contribution in [0.5, 0.6) is 0 Å². The van der Waals surface area contributed by atoms with Crippen LogP contribution in [0.3, 0.4) is 0 Å². The molecule has 34 heavy (non-hydrogen) atoms. The second-order valence-corrected chi connectivity index (χ2v) is 10.2. The smallest absolute Gasteiger partial charge is 0.248 e. The van der Waals surface area contributed by atoms with E-state index >= 15 is 0 Å². The quantitative estimate of drug-likeness (QED) is 0.548. The molecule has 0 unspecified atom stereocenters. The van der Waals surface area contributed by atoms with E-state index in [1.807, 2.05) is 0 Å². The van der Waals surface area contributed by atoms with Gasteiger partial charge in [-0.1, -0.05) is 37.2 Å². The van der Waals surface area contributed by atoms with Gasteiger partial charge in [-0.2, -0.15) is 4.31 Å². The zero-order valence-electron chi connectivity index (χ0n) is 20.0. The summed E-state index contributed by atoms with van der Waals surface area (Å²) in [6, 6.07) is 6.18. The standard InChI is InChI=1S/C24H33FN4O4S/c1-4-28(5-2)17-14-26-24(30)20-12-15-29(16-13-20)34(31,32)23-18(3)27-33-22(23)11-10-19-8-6-7-9-21(19)25/h6-11,20H,4-5,12-17H2,1-3H3,(H,26,30).